The van der Waals surface area contributed by atoms with Crippen molar-refractivity contribution in [1.82, 2.24) is 14.6 Å². The molecule has 22 heavy (non-hydrogen) atoms. The Bertz CT molecular complexity index is 853. The van der Waals surface area contributed by atoms with Crippen molar-refractivity contribution in [3.8, 4) is 0 Å². The lowest BCUT2D eigenvalue weighted by molar-refractivity contribution is -0.111. The molecule has 0 spiro atoms. The van der Waals surface area contributed by atoms with E-state index in [0.29, 0.717) is 27.1 Å². The van der Waals surface area contributed by atoms with Gasteiger partial charge in [-0.3, -0.25) is 4.79 Å². The number of halogens is 2. The first-order chi connectivity index (χ1) is 10.6. The Labute approximate surface area is 136 Å². The second kappa shape index (κ2) is 6.17. The third-order valence-corrected chi connectivity index (χ3v) is 3.60. The van der Waals surface area contributed by atoms with Crippen LogP contribution in [0.2, 0.25) is 10.0 Å². The SMILES string of the molecule is O=C(/C=C/c1c(Cl)cccc1Cl)Nc1ccnc2ccnn12. The summed E-state index contributed by atoms with van der Waals surface area (Å²) in [5.74, 6) is 0.203. The summed E-state index contributed by atoms with van der Waals surface area (Å²) in [6.45, 7) is 0. The van der Waals surface area contributed by atoms with Crippen molar-refractivity contribution in [2.45, 2.75) is 0 Å². The maximum Gasteiger partial charge on any atom is 0.249 e. The molecule has 0 aliphatic rings. The van der Waals surface area contributed by atoms with Gasteiger partial charge in [-0.25, -0.2) is 4.98 Å². The molecule has 0 radical (unpaired) electrons. The average Bonchev–Trinajstić information content (AvgIpc) is 2.96. The molecule has 0 atom stereocenters. The number of hydrogen-bond acceptors (Lipinski definition) is 3. The molecule has 1 amide bonds. The third kappa shape index (κ3) is 2.95. The van der Waals surface area contributed by atoms with E-state index in [9.17, 15) is 4.79 Å². The molecule has 7 heteroatoms. The number of aromatic nitrogens is 3. The van der Waals surface area contributed by atoms with Gasteiger partial charge in [0.15, 0.2) is 5.65 Å². The lowest BCUT2D eigenvalue weighted by Gasteiger charge is -2.04. The number of rotatable bonds is 3. The standard InChI is InChI=1S/C15H10Cl2N4O/c16-11-2-1-3-12(17)10(11)4-5-15(22)20-14-6-8-18-13-7-9-19-21(13)14/h1-9H,(H,20,22)/b5-4+. The van der Waals surface area contributed by atoms with Crippen LogP contribution in [0, 0.1) is 0 Å². The third-order valence-electron chi connectivity index (χ3n) is 2.94. The molecular weight excluding hydrogens is 323 g/mol. The number of nitrogens with one attached hydrogen (secondary N) is 1. The monoisotopic (exact) mass is 332 g/mol. The normalized spacial score (nSPS) is 11.2. The first kappa shape index (κ1) is 14.6. The quantitative estimate of drug-likeness (QED) is 0.744. The van der Waals surface area contributed by atoms with E-state index in [0.717, 1.165) is 0 Å². The molecular formula is C15H10Cl2N4O. The summed E-state index contributed by atoms with van der Waals surface area (Å²) in [5.41, 5.74) is 1.25. The molecule has 3 aromatic rings. The minimum absolute atomic E-state index is 0.320. The van der Waals surface area contributed by atoms with Gasteiger partial charge in [-0.2, -0.15) is 9.61 Å². The van der Waals surface area contributed by atoms with E-state index in [1.165, 1.54) is 10.6 Å². The summed E-state index contributed by atoms with van der Waals surface area (Å²) in [4.78, 5) is 16.2. The molecule has 110 valence electrons. The van der Waals surface area contributed by atoms with Crippen molar-refractivity contribution >= 4 is 46.7 Å². The number of amides is 1. The van der Waals surface area contributed by atoms with Gasteiger partial charge in [-0.15, -0.1) is 0 Å². The van der Waals surface area contributed by atoms with E-state index in [-0.39, 0.29) is 5.91 Å². The van der Waals surface area contributed by atoms with Crippen molar-refractivity contribution < 1.29 is 4.79 Å². The predicted octanol–water partition coefficient (Wildman–Crippen LogP) is 3.69. The second-order valence-corrected chi connectivity index (χ2v) is 5.20. The number of hydrogen-bond donors (Lipinski definition) is 1. The fourth-order valence-corrected chi connectivity index (χ4v) is 2.45. The van der Waals surface area contributed by atoms with Gasteiger partial charge in [-0.1, -0.05) is 29.3 Å². The molecule has 0 aliphatic heterocycles. The zero-order valence-corrected chi connectivity index (χ0v) is 12.7. The lowest BCUT2D eigenvalue weighted by atomic mass is 10.2. The van der Waals surface area contributed by atoms with E-state index in [1.807, 2.05) is 0 Å². The summed E-state index contributed by atoms with van der Waals surface area (Å²) in [6, 6.07) is 8.57. The van der Waals surface area contributed by atoms with Gasteiger partial charge in [0, 0.05) is 33.9 Å². The Balaban J connectivity index is 1.81. The Kier molecular flexibility index (Phi) is 4.09. The van der Waals surface area contributed by atoms with Gasteiger partial charge >= 0.3 is 0 Å². The summed E-state index contributed by atoms with van der Waals surface area (Å²) >= 11 is 12.1. The molecule has 2 aromatic heterocycles. The molecule has 0 fully saturated rings. The highest BCUT2D eigenvalue weighted by Crippen LogP contribution is 2.25. The topological polar surface area (TPSA) is 59.3 Å². The molecule has 3 rings (SSSR count). The second-order valence-electron chi connectivity index (χ2n) is 4.39. The molecule has 1 N–H and O–H groups in total. The fourth-order valence-electron chi connectivity index (χ4n) is 1.93. The van der Waals surface area contributed by atoms with Crippen LogP contribution in [0.1, 0.15) is 5.56 Å². The van der Waals surface area contributed by atoms with Crippen molar-refractivity contribution in [2.75, 3.05) is 5.32 Å². The highest BCUT2D eigenvalue weighted by molar-refractivity contribution is 6.37. The Morgan fingerprint density at radius 1 is 1.14 bits per heavy atom. The lowest BCUT2D eigenvalue weighted by Crippen LogP contribution is -2.11. The van der Waals surface area contributed by atoms with Gasteiger partial charge in [0.25, 0.3) is 0 Å². The summed E-state index contributed by atoms with van der Waals surface area (Å²) in [5, 5.41) is 7.78. The van der Waals surface area contributed by atoms with Gasteiger partial charge in [0.1, 0.15) is 5.82 Å². The van der Waals surface area contributed by atoms with Crippen LogP contribution in [0.25, 0.3) is 11.7 Å². The molecule has 1 aromatic carbocycles. The summed E-state index contributed by atoms with van der Waals surface area (Å²) in [6.07, 6.45) is 6.14. The van der Waals surface area contributed by atoms with Crippen LogP contribution >= 0.6 is 23.2 Å². The highest BCUT2D eigenvalue weighted by atomic mass is 35.5. The van der Waals surface area contributed by atoms with Crippen molar-refractivity contribution in [3.63, 3.8) is 0 Å². The number of carbonyl (C=O) groups excluding carboxylic acids is 1. The van der Waals surface area contributed by atoms with Crippen LogP contribution in [0.3, 0.4) is 0 Å². The van der Waals surface area contributed by atoms with Crippen LogP contribution in [0.4, 0.5) is 5.82 Å². The number of nitrogens with zero attached hydrogens (tertiary/aromatic N) is 3. The van der Waals surface area contributed by atoms with E-state index in [1.54, 1.807) is 48.8 Å². The predicted molar refractivity (Wildman–Crippen MR) is 87.1 cm³/mol. The molecule has 0 saturated carbocycles. The number of benzene rings is 1. The Morgan fingerprint density at radius 3 is 2.68 bits per heavy atom. The minimum Gasteiger partial charge on any atom is -0.307 e. The minimum atomic E-state index is -0.320. The largest absolute Gasteiger partial charge is 0.307 e. The van der Waals surface area contributed by atoms with Crippen molar-refractivity contribution in [2.24, 2.45) is 0 Å². The van der Waals surface area contributed by atoms with E-state index in [2.05, 4.69) is 15.4 Å². The summed E-state index contributed by atoms with van der Waals surface area (Å²) < 4.78 is 1.54. The number of anilines is 1. The zero-order valence-electron chi connectivity index (χ0n) is 11.2. The van der Waals surface area contributed by atoms with Crippen LogP contribution in [-0.4, -0.2) is 20.5 Å². The van der Waals surface area contributed by atoms with Gasteiger partial charge in [0.2, 0.25) is 5.91 Å². The van der Waals surface area contributed by atoms with E-state index < -0.39 is 0 Å². The zero-order chi connectivity index (χ0) is 15.5. The molecule has 0 unspecified atom stereocenters. The maximum atomic E-state index is 12.0. The summed E-state index contributed by atoms with van der Waals surface area (Å²) in [7, 11) is 0. The maximum absolute atomic E-state index is 12.0. The van der Waals surface area contributed by atoms with E-state index >= 15 is 0 Å². The first-order valence-electron chi connectivity index (χ1n) is 6.37. The van der Waals surface area contributed by atoms with Crippen molar-refractivity contribution in [3.05, 3.63) is 64.4 Å². The van der Waals surface area contributed by atoms with Crippen LogP contribution < -0.4 is 5.32 Å². The van der Waals surface area contributed by atoms with Gasteiger partial charge in [0.05, 0.1) is 6.20 Å². The molecule has 0 bridgehead atoms. The average molecular weight is 333 g/mol. The molecule has 5 nitrogen and oxygen atoms in total. The van der Waals surface area contributed by atoms with Crippen molar-refractivity contribution in [1.29, 1.82) is 0 Å². The fraction of sp³-hybridized carbons (Fsp3) is 0. The Hall–Kier alpha value is -2.37. The number of carbonyl (C=O) groups is 1. The van der Waals surface area contributed by atoms with Crippen LogP contribution in [0.15, 0.2) is 48.8 Å². The molecule has 2 heterocycles. The van der Waals surface area contributed by atoms with Gasteiger partial charge < -0.3 is 5.32 Å². The van der Waals surface area contributed by atoms with Crippen LogP contribution in [-0.2, 0) is 4.79 Å². The Morgan fingerprint density at radius 2 is 1.91 bits per heavy atom. The van der Waals surface area contributed by atoms with E-state index in [4.69, 9.17) is 23.2 Å². The highest BCUT2D eigenvalue weighted by Gasteiger charge is 2.06. The first-order valence-corrected chi connectivity index (χ1v) is 7.12. The molecule has 0 aliphatic carbocycles. The number of fused-ring (bicyclic) bond motifs is 1. The van der Waals surface area contributed by atoms with Gasteiger partial charge in [-0.05, 0) is 24.3 Å². The molecule has 0 saturated heterocycles. The van der Waals surface area contributed by atoms with Crippen LogP contribution in [0.5, 0.6) is 0 Å². The smallest absolute Gasteiger partial charge is 0.249 e.